The van der Waals surface area contributed by atoms with E-state index in [9.17, 15) is 14.7 Å². The summed E-state index contributed by atoms with van der Waals surface area (Å²) in [5.41, 5.74) is 1.98. The number of amides is 1. The van der Waals surface area contributed by atoms with Gasteiger partial charge in [0.25, 0.3) is 5.91 Å². The molecule has 1 aliphatic rings. The molecule has 0 saturated carbocycles. The number of hydrogen-bond acceptors (Lipinski definition) is 4. The Morgan fingerprint density at radius 3 is 2.64 bits per heavy atom. The van der Waals surface area contributed by atoms with E-state index in [4.69, 9.17) is 12.2 Å². The molecule has 0 spiro atoms. The topological polar surface area (TPSA) is 62.5 Å². The number of aryl methyl sites for hydroxylation is 1. The third-order valence-electron chi connectivity index (χ3n) is 4.20. The molecule has 1 fully saturated rings. The molecule has 1 aliphatic heterocycles. The van der Waals surface area contributed by atoms with Gasteiger partial charge >= 0.3 is 5.97 Å². The van der Waals surface area contributed by atoms with Crippen molar-refractivity contribution >= 4 is 57.2 Å². The van der Waals surface area contributed by atoms with Crippen molar-refractivity contribution in [1.29, 1.82) is 0 Å². The van der Waals surface area contributed by atoms with E-state index in [1.807, 2.05) is 42.1 Å². The zero-order chi connectivity index (χ0) is 18.3. The first-order chi connectivity index (χ1) is 11.8. The van der Waals surface area contributed by atoms with Gasteiger partial charge in [-0.2, -0.15) is 0 Å². The second-order valence-electron chi connectivity index (χ2n) is 6.29. The van der Waals surface area contributed by atoms with Crippen molar-refractivity contribution < 1.29 is 14.7 Å². The number of thiocarbonyl (C=S) groups is 1. The maximum atomic E-state index is 12.8. The largest absolute Gasteiger partial charge is 0.480 e. The molecule has 0 radical (unpaired) electrons. The summed E-state index contributed by atoms with van der Waals surface area (Å²) in [6.45, 7) is 3.54. The highest BCUT2D eigenvalue weighted by Gasteiger charge is 2.41. The third-order valence-corrected chi connectivity index (χ3v) is 5.53. The first-order valence-electron chi connectivity index (χ1n) is 7.85. The van der Waals surface area contributed by atoms with Gasteiger partial charge in [-0.1, -0.05) is 56.0 Å². The van der Waals surface area contributed by atoms with Gasteiger partial charge in [-0.15, -0.1) is 0 Å². The minimum atomic E-state index is -1.04. The van der Waals surface area contributed by atoms with Gasteiger partial charge in [0.15, 0.2) is 0 Å². The third kappa shape index (κ3) is 3.09. The highest BCUT2D eigenvalue weighted by atomic mass is 32.2. The smallest absolute Gasteiger partial charge is 0.327 e. The molecule has 0 aliphatic carbocycles. The lowest BCUT2D eigenvalue weighted by Gasteiger charge is -2.26. The standard InChI is InChI=1S/C18H18N2O3S2/c1-10(2)15(17(22)23)20-16(21)14(25-18(20)24)8-11-9-19(3)13-7-5-4-6-12(11)13/h4-10,15H,1-3H3,(H,22,23)/b14-8-/t15-/m1/s1. The summed E-state index contributed by atoms with van der Waals surface area (Å²) in [7, 11) is 1.95. The maximum absolute atomic E-state index is 12.8. The second-order valence-corrected chi connectivity index (χ2v) is 7.97. The van der Waals surface area contributed by atoms with Crippen molar-refractivity contribution in [2.45, 2.75) is 19.9 Å². The molecule has 7 heteroatoms. The molecule has 1 aromatic carbocycles. The molecule has 1 amide bonds. The van der Waals surface area contributed by atoms with Gasteiger partial charge in [-0.05, 0) is 18.1 Å². The van der Waals surface area contributed by atoms with E-state index in [1.54, 1.807) is 19.9 Å². The normalized spacial score (nSPS) is 17.9. The number of thioether (sulfide) groups is 1. The molecule has 1 N–H and O–H groups in total. The van der Waals surface area contributed by atoms with Crippen molar-refractivity contribution in [2.24, 2.45) is 13.0 Å². The van der Waals surface area contributed by atoms with Gasteiger partial charge in [0.05, 0.1) is 4.91 Å². The quantitative estimate of drug-likeness (QED) is 0.656. The molecule has 0 bridgehead atoms. The van der Waals surface area contributed by atoms with Gasteiger partial charge in [0.1, 0.15) is 10.4 Å². The first-order valence-corrected chi connectivity index (χ1v) is 9.07. The van der Waals surface area contributed by atoms with E-state index in [-0.39, 0.29) is 16.1 Å². The van der Waals surface area contributed by atoms with Crippen molar-refractivity contribution in [3.8, 4) is 0 Å². The van der Waals surface area contributed by atoms with Crippen LogP contribution in [0.4, 0.5) is 0 Å². The number of aliphatic carboxylic acids is 1. The number of carbonyl (C=O) groups is 2. The van der Waals surface area contributed by atoms with Gasteiger partial charge in [-0.3, -0.25) is 9.69 Å². The van der Waals surface area contributed by atoms with Crippen molar-refractivity contribution in [2.75, 3.05) is 0 Å². The molecular formula is C18H18N2O3S2. The SMILES string of the molecule is CC(C)[C@H](C(=O)O)N1C(=O)/C(=C/c2cn(C)c3ccccc23)SC1=S. The summed E-state index contributed by atoms with van der Waals surface area (Å²) in [5, 5.41) is 10.5. The number of aromatic nitrogens is 1. The van der Waals surface area contributed by atoms with E-state index in [2.05, 4.69) is 0 Å². The number of fused-ring (bicyclic) bond motifs is 1. The average molecular weight is 374 g/mol. The molecular weight excluding hydrogens is 356 g/mol. The monoisotopic (exact) mass is 374 g/mol. The Kier molecular flexibility index (Phi) is 4.71. The zero-order valence-corrected chi connectivity index (χ0v) is 15.7. The molecule has 1 aromatic heterocycles. The Labute approximate surface area is 155 Å². The number of nitrogens with zero attached hydrogens (tertiary/aromatic N) is 2. The lowest BCUT2D eigenvalue weighted by Crippen LogP contribution is -2.47. The molecule has 3 rings (SSSR count). The Morgan fingerprint density at radius 1 is 1.32 bits per heavy atom. The number of rotatable bonds is 4. The van der Waals surface area contributed by atoms with Crippen LogP contribution >= 0.6 is 24.0 Å². The second kappa shape index (κ2) is 6.65. The zero-order valence-electron chi connectivity index (χ0n) is 14.1. The summed E-state index contributed by atoms with van der Waals surface area (Å²) >= 11 is 6.44. The van der Waals surface area contributed by atoms with E-state index in [1.165, 1.54) is 4.90 Å². The van der Waals surface area contributed by atoms with E-state index < -0.39 is 12.0 Å². The Morgan fingerprint density at radius 2 is 2.00 bits per heavy atom. The highest BCUT2D eigenvalue weighted by molar-refractivity contribution is 8.26. The van der Waals surface area contributed by atoms with Crippen molar-refractivity contribution in [3.63, 3.8) is 0 Å². The van der Waals surface area contributed by atoms with Crippen LogP contribution in [0.3, 0.4) is 0 Å². The van der Waals surface area contributed by atoms with E-state index >= 15 is 0 Å². The van der Waals surface area contributed by atoms with Crippen LogP contribution in [0, 0.1) is 5.92 Å². The molecule has 130 valence electrons. The summed E-state index contributed by atoms with van der Waals surface area (Å²) in [6.07, 6.45) is 3.75. The molecule has 1 atom stereocenters. The fourth-order valence-corrected chi connectivity index (χ4v) is 4.36. The average Bonchev–Trinajstić information content (AvgIpc) is 3.00. The van der Waals surface area contributed by atoms with Crippen LogP contribution in [0.15, 0.2) is 35.4 Å². The van der Waals surface area contributed by atoms with Crippen LogP contribution in [0.5, 0.6) is 0 Å². The van der Waals surface area contributed by atoms with Gasteiger partial charge < -0.3 is 9.67 Å². The molecule has 2 heterocycles. The summed E-state index contributed by atoms with van der Waals surface area (Å²) < 4.78 is 2.29. The fraction of sp³-hybridized carbons (Fsp3) is 0.278. The van der Waals surface area contributed by atoms with E-state index in [0.717, 1.165) is 28.2 Å². The van der Waals surface area contributed by atoms with Crippen LogP contribution in [-0.2, 0) is 16.6 Å². The highest BCUT2D eigenvalue weighted by Crippen LogP contribution is 2.36. The minimum Gasteiger partial charge on any atom is -0.480 e. The first kappa shape index (κ1) is 17.7. The number of carbonyl (C=O) groups excluding carboxylic acids is 1. The van der Waals surface area contributed by atoms with Gasteiger partial charge in [0.2, 0.25) is 0 Å². The molecule has 2 aromatic rings. The Hall–Kier alpha value is -2.12. The summed E-state index contributed by atoms with van der Waals surface area (Å²) in [5.74, 6) is -1.63. The van der Waals surface area contributed by atoms with Gasteiger partial charge in [0, 0.05) is 29.7 Å². The van der Waals surface area contributed by atoms with Crippen LogP contribution < -0.4 is 0 Å². The summed E-state index contributed by atoms with van der Waals surface area (Å²) in [6, 6.07) is 6.97. The maximum Gasteiger partial charge on any atom is 0.327 e. The summed E-state index contributed by atoms with van der Waals surface area (Å²) in [4.78, 5) is 26.0. The van der Waals surface area contributed by atoms with Crippen molar-refractivity contribution in [3.05, 3.63) is 40.9 Å². The molecule has 1 saturated heterocycles. The predicted molar refractivity (Wildman–Crippen MR) is 104 cm³/mol. The fourth-order valence-electron chi connectivity index (χ4n) is 3.04. The van der Waals surface area contributed by atoms with Crippen LogP contribution in [0.1, 0.15) is 19.4 Å². The minimum absolute atomic E-state index is 0.239. The van der Waals surface area contributed by atoms with Crippen LogP contribution in [-0.4, -0.2) is 36.8 Å². The number of carboxylic acid groups (broad SMARTS) is 1. The Bertz CT molecular complexity index is 914. The number of para-hydroxylation sites is 1. The van der Waals surface area contributed by atoms with Crippen molar-refractivity contribution in [1.82, 2.24) is 9.47 Å². The predicted octanol–water partition coefficient (Wildman–Crippen LogP) is 3.49. The molecule has 0 unspecified atom stereocenters. The van der Waals surface area contributed by atoms with Crippen LogP contribution in [0.25, 0.3) is 17.0 Å². The lowest BCUT2D eigenvalue weighted by molar-refractivity contribution is -0.146. The van der Waals surface area contributed by atoms with Crippen LogP contribution in [0.2, 0.25) is 0 Å². The molecule has 5 nitrogen and oxygen atoms in total. The van der Waals surface area contributed by atoms with E-state index in [0.29, 0.717) is 4.91 Å². The number of carboxylic acids is 1. The number of hydrogen-bond donors (Lipinski definition) is 1. The lowest BCUT2D eigenvalue weighted by atomic mass is 10.0. The number of benzene rings is 1. The molecule has 25 heavy (non-hydrogen) atoms. The van der Waals surface area contributed by atoms with Gasteiger partial charge in [-0.25, -0.2) is 4.79 Å². The Balaban J connectivity index is 2.01.